The molecule has 2 nitrogen and oxygen atoms in total. The molecule has 0 radical (unpaired) electrons. The Morgan fingerprint density at radius 2 is 1.90 bits per heavy atom. The molecule has 1 saturated carbocycles. The van der Waals surface area contributed by atoms with Crippen molar-refractivity contribution in [3.8, 4) is 0 Å². The van der Waals surface area contributed by atoms with E-state index in [2.05, 4.69) is 12.2 Å². The highest BCUT2D eigenvalue weighted by atomic mass is 16.3. The van der Waals surface area contributed by atoms with Crippen LogP contribution in [-0.4, -0.2) is 23.8 Å². The molecule has 0 saturated heterocycles. The van der Waals surface area contributed by atoms with Gasteiger partial charge in [0.25, 0.3) is 0 Å². The van der Waals surface area contributed by atoms with Gasteiger partial charge in [0.1, 0.15) is 0 Å². The molecule has 2 N–H and O–H groups in total. The van der Waals surface area contributed by atoms with Crippen molar-refractivity contribution in [1.29, 1.82) is 0 Å². The molecular formula is C8H19NO. The summed E-state index contributed by atoms with van der Waals surface area (Å²) in [4.78, 5) is 0. The zero-order valence-electron chi connectivity index (χ0n) is 7.22. The van der Waals surface area contributed by atoms with Crippen molar-refractivity contribution >= 4 is 0 Å². The maximum Gasteiger partial charge on any atom is 0.0570 e. The lowest BCUT2D eigenvalue weighted by Crippen LogP contribution is -2.43. The van der Waals surface area contributed by atoms with E-state index in [-0.39, 0.29) is 6.10 Å². The number of aliphatic hydroxyl groups excluding tert-OH is 1. The molecule has 2 heteroatoms. The molecule has 1 rings (SSSR count). The first kappa shape index (κ1) is 9.92. The number of nitrogens with one attached hydrogen (secondary N) is 1. The van der Waals surface area contributed by atoms with Crippen molar-refractivity contribution in [2.24, 2.45) is 0 Å². The number of hydrogen-bond donors (Lipinski definition) is 2. The Hall–Kier alpha value is -0.0800. The van der Waals surface area contributed by atoms with Crippen LogP contribution in [0.3, 0.4) is 0 Å². The topological polar surface area (TPSA) is 32.3 Å². The minimum absolute atomic E-state index is 0.0148. The maximum atomic E-state index is 8.80. The van der Waals surface area contributed by atoms with Crippen LogP contribution in [0.4, 0.5) is 0 Å². The minimum Gasteiger partial charge on any atom is -0.393 e. The van der Waals surface area contributed by atoms with Crippen molar-refractivity contribution < 1.29 is 5.11 Å². The number of rotatable bonds is 2. The molecule has 1 aliphatic rings. The Morgan fingerprint density at radius 1 is 1.40 bits per heavy atom. The van der Waals surface area contributed by atoms with Crippen molar-refractivity contribution in [2.75, 3.05) is 6.54 Å². The summed E-state index contributed by atoms with van der Waals surface area (Å²) in [6, 6.07) is 0.606. The molecule has 0 spiro atoms. The molecule has 0 bridgehead atoms. The van der Waals surface area contributed by atoms with E-state index in [9.17, 15) is 0 Å². The van der Waals surface area contributed by atoms with Crippen LogP contribution in [0.15, 0.2) is 0 Å². The SMILES string of the molecule is CC.CCNC1CC(O)C1. The first-order valence-electron chi connectivity index (χ1n) is 4.24. The fraction of sp³-hybridized carbons (Fsp3) is 1.00. The van der Waals surface area contributed by atoms with Crippen LogP contribution >= 0.6 is 0 Å². The van der Waals surface area contributed by atoms with Gasteiger partial charge in [0.2, 0.25) is 0 Å². The van der Waals surface area contributed by atoms with Gasteiger partial charge in [-0.15, -0.1) is 0 Å². The third kappa shape index (κ3) is 3.18. The molecule has 0 aromatic carbocycles. The third-order valence-electron chi connectivity index (χ3n) is 1.61. The normalized spacial score (nSPS) is 30.0. The summed E-state index contributed by atoms with van der Waals surface area (Å²) in [7, 11) is 0. The monoisotopic (exact) mass is 145 g/mol. The van der Waals surface area contributed by atoms with Crippen LogP contribution < -0.4 is 5.32 Å². The molecule has 0 heterocycles. The quantitative estimate of drug-likeness (QED) is 0.611. The molecular weight excluding hydrogens is 126 g/mol. The molecule has 0 amide bonds. The fourth-order valence-electron chi connectivity index (χ4n) is 1.04. The highest BCUT2D eigenvalue weighted by molar-refractivity contribution is 4.83. The van der Waals surface area contributed by atoms with Gasteiger partial charge in [0.15, 0.2) is 0 Å². The highest BCUT2D eigenvalue weighted by Gasteiger charge is 2.25. The zero-order chi connectivity index (χ0) is 7.98. The van der Waals surface area contributed by atoms with Gasteiger partial charge in [-0.05, 0) is 19.4 Å². The van der Waals surface area contributed by atoms with E-state index >= 15 is 0 Å². The van der Waals surface area contributed by atoms with Crippen LogP contribution in [0.2, 0.25) is 0 Å². The molecule has 0 aromatic rings. The van der Waals surface area contributed by atoms with Gasteiger partial charge < -0.3 is 10.4 Å². The molecule has 0 aliphatic heterocycles. The van der Waals surface area contributed by atoms with Crippen LogP contribution in [0.25, 0.3) is 0 Å². The Kier molecular flexibility index (Phi) is 5.64. The van der Waals surface area contributed by atoms with Gasteiger partial charge in [0.05, 0.1) is 6.10 Å². The minimum atomic E-state index is -0.0148. The van der Waals surface area contributed by atoms with E-state index in [1.807, 2.05) is 13.8 Å². The van der Waals surface area contributed by atoms with Crippen molar-refractivity contribution in [1.82, 2.24) is 5.32 Å². The standard InChI is InChI=1S/C6H13NO.C2H6/c1-2-7-5-3-6(8)4-5;1-2/h5-8H,2-4H2,1H3;1-2H3. The summed E-state index contributed by atoms with van der Waals surface area (Å²) >= 11 is 0. The van der Waals surface area contributed by atoms with Crippen molar-refractivity contribution in [3.05, 3.63) is 0 Å². The van der Waals surface area contributed by atoms with Gasteiger partial charge >= 0.3 is 0 Å². The zero-order valence-corrected chi connectivity index (χ0v) is 7.22. The summed E-state index contributed by atoms with van der Waals surface area (Å²) in [6.07, 6.45) is 1.89. The summed E-state index contributed by atoms with van der Waals surface area (Å²) < 4.78 is 0. The second kappa shape index (κ2) is 5.69. The maximum absolute atomic E-state index is 8.80. The molecule has 0 aromatic heterocycles. The highest BCUT2D eigenvalue weighted by Crippen LogP contribution is 2.18. The van der Waals surface area contributed by atoms with E-state index in [0.29, 0.717) is 6.04 Å². The van der Waals surface area contributed by atoms with Crippen molar-refractivity contribution in [2.45, 2.75) is 45.8 Å². The Labute approximate surface area is 63.6 Å². The van der Waals surface area contributed by atoms with Gasteiger partial charge in [-0.1, -0.05) is 20.8 Å². The largest absolute Gasteiger partial charge is 0.393 e. The number of aliphatic hydroxyl groups is 1. The van der Waals surface area contributed by atoms with Gasteiger partial charge in [-0.25, -0.2) is 0 Å². The van der Waals surface area contributed by atoms with Crippen molar-refractivity contribution in [3.63, 3.8) is 0 Å². The average Bonchev–Trinajstić information content (AvgIpc) is 1.90. The van der Waals surface area contributed by atoms with Gasteiger partial charge in [-0.3, -0.25) is 0 Å². The van der Waals surface area contributed by atoms with Gasteiger partial charge in [-0.2, -0.15) is 0 Å². The van der Waals surface area contributed by atoms with Crippen LogP contribution in [0.5, 0.6) is 0 Å². The summed E-state index contributed by atoms with van der Waals surface area (Å²) in [5.41, 5.74) is 0. The van der Waals surface area contributed by atoms with E-state index in [1.165, 1.54) is 0 Å². The Bertz CT molecular complexity index is 66.9. The summed E-state index contributed by atoms with van der Waals surface area (Å²) in [5.74, 6) is 0. The second-order valence-electron chi connectivity index (χ2n) is 2.38. The molecule has 10 heavy (non-hydrogen) atoms. The lowest BCUT2D eigenvalue weighted by molar-refractivity contribution is 0.0634. The predicted octanol–water partition coefficient (Wildman–Crippen LogP) is 1.15. The van der Waals surface area contributed by atoms with E-state index < -0.39 is 0 Å². The Balaban J connectivity index is 0.000000371. The molecule has 1 aliphatic carbocycles. The predicted molar refractivity (Wildman–Crippen MR) is 44.1 cm³/mol. The van der Waals surface area contributed by atoms with Crippen LogP contribution in [-0.2, 0) is 0 Å². The molecule has 0 unspecified atom stereocenters. The lowest BCUT2D eigenvalue weighted by atomic mass is 9.90. The van der Waals surface area contributed by atoms with Crippen LogP contribution in [0, 0.1) is 0 Å². The first-order valence-corrected chi connectivity index (χ1v) is 4.24. The Morgan fingerprint density at radius 3 is 2.20 bits per heavy atom. The molecule has 0 atom stereocenters. The van der Waals surface area contributed by atoms with E-state index in [0.717, 1.165) is 19.4 Å². The first-order chi connectivity index (χ1) is 4.83. The van der Waals surface area contributed by atoms with Crippen LogP contribution in [0.1, 0.15) is 33.6 Å². The lowest BCUT2D eigenvalue weighted by Gasteiger charge is -2.31. The smallest absolute Gasteiger partial charge is 0.0570 e. The molecule has 1 fully saturated rings. The van der Waals surface area contributed by atoms with Gasteiger partial charge in [0, 0.05) is 6.04 Å². The van der Waals surface area contributed by atoms with E-state index in [1.54, 1.807) is 0 Å². The number of hydrogen-bond acceptors (Lipinski definition) is 2. The average molecular weight is 145 g/mol. The fourth-order valence-corrected chi connectivity index (χ4v) is 1.04. The van der Waals surface area contributed by atoms with E-state index in [4.69, 9.17) is 5.11 Å². The third-order valence-corrected chi connectivity index (χ3v) is 1.61. The summed E-state index contributed by atoms with van der Waals surface area (Å²) in [6.45, 7) is 7.11. The second-order valence-corrected chi connectivity index (χ2v) is 2.38. The molecule has 62 valence electrons. The summed E-state index contributed by atoms with van der Waals surface area (Å²) in [5, 5.41) is 12.1.